The summed E-state index contributed by atoms with van der Waals surface area (Å²) in [4.78, 5) is 31.4. The molecule has 10 heteroatoms. The second-order valence-corrected chi connectivity index (χ2v) is 6.43. The number of ether oxygens (including phenoxy) is 2. The third-order valence-electron chi connectivity index (χ3n) is 4.42. The number of hydrogen-bond acceptors (Lipinski definition) is 9. The molecule has 0 aliphatic carbocycles. The molecule has 150 valence electrons. The predicted octanol–water partition coefficient (Wildman–Crippen LogP) is -0.481. The Balaban J connectivity index is 1.46. The summed E-state index contributed by atoms with van der Waals surface area (Å²) in [5.41, 5.74) is 5.30. The summed E-state index contributed by atoms with van der Waals surface area (Å²) >= 11 is 0. The number of hydrogen-bond donors (Lipinski definition) is 3. The molecule has 3 heterocycles. The molecule has 3 rings (SSSR count). The number of pyridine rings is 1. The molecule has 28 heavy (non-hydrogen) atoms. The smallest absolute Gasteiger partial charge is 0.351 e. The van der Waals surface area contributed by atoms with Crippen molar-refractivity contribution in [3.63, 3.8) is 0 Å². The van der Waals surface area contributed by atoms with Gasteiger partial charge in [-0.25, -0.2) is 4.79 Å². The van der Waals surface area contributed by atoms with Crippen LogP contribution in [0.2, 0.25) is 0 Å². The van der Waals surface area contributed by atoms with Crippen LogP contribution in [0, 0.1) is 0 Å². The number of Topliss-reactive ketones (excluding diaryl/α,β-unsaturated/α-hetero) is 1. The SMILES string of the molecule is Nc1ccn([C@@H]2O[C@H](COCCCC(=O)c3cccnc3)[C@@H](O)[C@H]2O)c(=O)n1. The number of aliphatic hydroxyl groups excluding tert-OH is 2. The van der Waals surface area contributed by atoms with Gasteiger partial charge in [0.25, 0.3) is 0 Å². The molecule has 0 unspecified atom stereocenters. The van der Waals surface area contributed by atoms with E-state index < -0.39 is 30.2 Å². The molecule has 0 amide bonds. The fraction of sp³-hybridized carbons (Fsp3) is 0.444. The lowest BCUT2D eigenvalue weighted by Gasteiger charge is -2.16. The van der Waals surface area contributed by atoms with E-state index in [-0.39, 0.29) is 24.8 Å². The van der Waals surface area contributed by atoms with Gasteiger partial charge < -0.3 is 25.4 Å². The van der Waals surface area contributed by atoms with E-state index in [1.807, 2.05) is 0 Å². The highest BCUT2D eigenvalue weighted by Crippen LogP contribution is 2.28. The molecule has 4 atom stereocenters. The molecule has 0 bridgehead atoms. The van der Waals surface area contributed by atoms with Crippen LogP contribution in [0.3, 0.4) is 0 Å². The van der Waals surface area contributed by atoms with Crippen LogP contribution in [-0.4, -0.2) is 62.1 Å². The van der Waals surface area contributed by atoms with Crippen molar-refractivity contribution in [1.82, 2.24) is 14.5 Å². The van der Waals surface area contributed by atoms with E-state index in [4.69, 9.17) is 15.2 Å². The molecule has 1 aliphatic heterocycles. The van der Waals surface area contributed by atoms with Crippen LogP contribution in [0.15, 0.2) is 41.6 Å². The van der Waals surface area contributed by atoms with Crippen LogP contribution >= 0.6 is 0 Å². The molecule has 0 aromatic carbocycles. The maximum atomic E-state index is 12.0. The van der Waals surface area contributed by atoms with Gasteiger partial charge in [-0.3, -0.25) is 14.3 Å². The van der Waals surface area contributed by atoms with E-state index in [0.717, 1.165) is 4.57 Å². The first-order valence-electron chi connectivity index (χ1n) is 8.84. The lowest BCUT2D eigenvalue weighted by atomic mass is 10.1. The number of nitrogens with two attached hydrogens (primary N) is 1. The summed E-state index contributed by atoms with van der Waals surface area (Å²) in [5, 5.41) is 20.3. The summed E-state index contributed by atoms with van der Waals surface area (Å²) in [5.74, 6) is 0.0227. The quantitative estimate of drug-likeness (QED) is 0.401. The van der Waals surface area contributed by atoms with Crippen molar-refractivity contribution in [3.8, 4) is 0 Å². The molecule has 0 radical (unpaired) electrons. The standard InChI is InChI=1S/C18H22N4O6/c19-14-5-7-22(18(26)21-14)17-16(25)15(24)13(28-17)10-27-8-2-4-12(23)11-3-1-6-20-9-11/h1,3,5-7,9,13,15-17,24-25H,2,4,8,10H2,(H2,19,21,26)/t13-,15-,16-,17-/m1/s1. The van der Waals surface area contributed by atoms with Crippen molar-refractivity contribution in [1.29, 1.82) is 0 Å². The molecule has 2 aromatic heterocycles. The van der Waals surface area contributed by atoms with Crippen LogP contribution < -0.4 is 11.4 Å². The Hall–Kier alpha value is -2.66. The van der Waals surface area contributed by atoms with Crippen molar-refractivity contribution < 1.29 is 24.5 Å². The zero-order valence-electron chi connectivity index (χ0n) is 15.0. The van der Waals surface area contributed by atoms with Gasteiger partial charge in [0.15, 0.2) is 12.0 Å². The highest BCUT2D eigenvalue weighted by molar-refractivity contribution is 5.95. The van der Waals surface area contributed by atoms with Crippen LogP contribution in [0.4, 0.5) is 5.82 Å². The molecule has 10 nitrogen and oxygen atoms in total. The maximum Gasteiger partial charge on any atom is 0.351 e. The van der Waals surface area contributed by atoms with Crippen molar-refractivity contribution in [2.45, 2.75) is 37.4 Å². The number of ketones is 1. The molecule has 1 fully saturated rings. The van der Waals surface area contributed by atoms with Gasteiger partial charge in [-0.05, 0) is 24.6 Å². The van der Waals surface area contributed by atoms with Crippen LogP contribution in [0.1, 0.15) is 29.4 Å². The molecule has 1 saturated heterocycles. The lowest BCUT2D eigenvalue weighted by molar-refractivity contribution is -0.0684. The molecule has 0 saturated carbocycles. The molecule has 4 N–H and O–H groups in total. The normalized spacial score (nSPS) is 24.4. The second-order valence-electron chi connectivity index (χ2n) is 6.43. The number of carbonyl (C=O) groups is 1. The van der Waals surface area contributed by atoms with Crippen LogP contribution in [-0.2, 0) is 9.47 Å². The number of nitrogen functional groups attached to an aromatic ring is 1. The molecular formula is C18H22N4O6. The zero-order chi connectivity index (χ0) is 20.1. The first-order chi connectivity index (χ1) is 13.5. The number of nitrogens with zero attached hydrogens (tertiary/aromatic N) is 3. The maximum absolute atomic E-state index is 12.0. The van der Waals surface area contributed by atoms with Crippen molar-refractivity contribution >= 4 is 11.6 Å². The van der Waals surface area contributed by atoms with Gasteiger partial charge in [0.05, 0.1) is 6.61 Å². The molecule has 1 aliphatic rings. The molecule has 0 spiro atoms. The van der Waals surface area contributed by atoms with E-state index in [2.05, 4.69) is 9.97 Å². The molecular weight excluding hydrogens is 368 g/mol. The van der Waals surface area contributed by atoms with Gasteiger partial charge >= 0.3 is 5.69 Å². The van der Waals surface area contributed by atoms with Gasteiger partial charge in [-0.1, -0.05) is 0 Å². The number of carbonyl (C=O) groups excluding carboxylic acids is 1. The van der Waals surface area contributed by atoms with Gasteiger partial charge in [0.1, 0.15) is 24.1 Å². The van der Waals surface area contributed by atoms with Crippen LogP contribution in [0.5, 0.6) is 0 Å². The Kier molecular flexibility index (Phi) is 6.47. The van der Waals surface area contributed by atoms with Gasteiger partial charge in [0.2, 0.25) is 0 Å². The predicted molar refractivity (Wildman–Crippen MR) is 97.5 cm³/mol. The minimum absolute atomic E-state index is 0.00691. The lowest BCUT2D eigenvalue weighted by Crippen LogP contribution is -2.36. The van der Waals surface area contributed by atoms with Gasteiger partial charge in [0, 0.05) is 37.2 Å². The number of aliphatic hydroxyl groups is 2. The number of aromatic nitrogens is 3. The van der Waals surface area contributed by atoms with E-state index in [9.17, 15) is 19.8 Å². The summed E-state index contributed by atoms with van der Waals surface area (Å²) in [6, 6.07) is 4.80. The van der Waals surface area contributed by atoms with Crippen LogP contribution in [0.25, 0.3) is 0 Å². The Morgan fingerprint density at radius 3 is 2.86 bits per heavy atom. The summed E-state index contributed by atoms with van der Waals surface area (Å²) in [6.45, 7) is 0.287. The van der Waals surface area contributed by atoms with Crippen molar-refractivity contribution in [2.75, 3.05) is 18.9 Å². The monoisotopic (exact) mass is 390 g/mol. The van der Waals surface area contributed by atoms with Gasteiger partial charge in [-0.15, -0.1) is 0 Å². The second kappa shape index (κ2) is 9.02. The minimum atomic E-state index is -1.32. The minimum Gasteiger partial charge on any atom is -0.387 e. The van der Waals surface area contributed by atoms with E-state index >= 15 is 0 Å². The van der Waals surface area contributed by atoms with Crippen molar-refractivity contribution in [3.05, 3.63) is 52.8 Å². The van der Waals surface area contributed by atoms with E-state index in [1.54, 1.807) is 18.3 Å². The average molecular weight is 390 g/mol. The van der Waals surface area contributed by atoms with E-state index in [1.165, 1.54) is 18.5 Å². The summed E-state index contributed by atoms with van der Waals surface area (Å²) < 4.78 is 12.1. The Bertz CT molecular complexity index is 859. The Morgan fingerprint density at radius 1 is 1.32 bits per heavy atom. The van der Waals surface area contributed by atoms with Gasteiger partial charge in [-0.2, -0.15) is 4.98 Å². The Morgan fingerprint density at radius 2 is 2.14 bits per heavy atom. The average Bonchev–Trinajstić information content (AvgIpc) is 2.97. The highest BCUT2D eigenvalue weighted by atomic mass is 16.6. The summed E-state index contributed by atoms with van der Waals surface area (Å²) in [6.07, 6.45) is 0.801. The summed E-state index contributed by atoms with van der Waals surface area (Å²) in [7, 11) is 0. The van der Waals surface area contributed by atoms with E-state index in [0.29, 0.717) is 18.4 Å². The number of rotatable bonds is 8. The Labute approximate surface area is 160 Å². The zero-order valence-corrected chi connectivity index (χ0v) is 15.0. The highest BCUT2D eigenvalue weighted by Gasteiger charge is 2.44. The first kappa shape index (κ1) is 20.1. The molecule has 2 aromatic rings. The largest absolute Gasteiger partial charge is 0.387 e. The first-order valence-corrected chi connectivity index (χ1v) is 8.84. The fourth-order valence-electron chi connectivity index (χ4n) is 2.92. The number of anilines is 1. The van der Waals surface area contributed by atoms with Crippen molar-refractivity contribution in [2.24, 2.45) is 0 Å². The fourth-order valence-corrected chi connectivity index (χ4v) is 2.92. The topological polar surface area (TPSA) is 150 Å². The third-order valence-corrected chi connectivity index (χ3v) is 4.42. The third kappa shape index (κ3) is 4.60.